The van der Waals surface area contributed by atoms with E-state index in [9.17, 15) is 12.8 Å². The van der Waals surface area contributed by atoms with Gasteiger partial charge in [-0.3, -0.25) is 0 Å². The van der Waals surface area contributed by atoms with Crippen molar-refractivity contribution in [1.82, 2.24) is 10.0 Å². The molecule has 1 aromatic rings. The fourth-order valence-electron chi connectivity index (χ4n) is 2.13. The smallest absolute Gasteiger partial charge is 0.212 e. The van der Waals surface area contributed by atoms with Gasteiger partial charge in [0, 0.05) is 12.1 Å². The van der Waals surface area contributed by atoms with Crippen molar-refractivity contribution in [2.75, 3.05) is 12.3 Å². The molecular weight excluding hydrogens is 291 g/mol. The molecule has 0 amide bonds. The zero-order chi connectivity index (χ0) is 15.5. The minimum Gasteiger partial charge on any atom is -0.314 e. The van der Waals surface area contributed by atoms with Crippen LogP contribution in [0.1, 0.15) is 43.4 Å². The zero-order valence-corrected chi connectivity index (χ0v) is 13.3. The Morgan fingerprint density at radius 1 is 1.38 bits per heavy atom. The van der Waals surface area contributed by atoms with Crippen molar-refractivity contribution in [3.8, 4) is 0 Å². The molecule has 0 spiro atoms. The molecule has 0 bridgehead atoms. The molecule has 0 aromatic heterocycles. The van der Waals surface area contributed by atoms with Crippen LogP contribution in [0.3, 0.4) is 0 Å². The van der Waals surface area contributed by atoms with E-state index >= 15 is 0 Å². The lowest BCUT2D eigenvalue weighted by molar-refractivity contribution is 0.558. The summed E-state index contributed by atoms with van der Waals surface area (Å²) >= 11 is 0. The van der Waals surface area contributed by atoms with E-state index in [4.69, 9.17) is 0 Å². The standard InChI is InChI=1S/C15H23FN2O2S/c1-11-4-5-13(10-15(11)16)12(2)18-21(19,20)9-3-8-17-14-6-7-14/h4-5,10,12,14,17-18H,3,6-9H2,1-2H3. The van der Waals surface area contributed by atoms with Gasteiger partial charge in [0.1, 0.15) is 5.82 Å². The highest BCUT2D eigenvalue weighted by molar-refractivity contribution is 7.89. The third kappa shape index (κ3) is 5.37. The summed E-state index contributed by atoms with van der Waals surface area (Å²) in [5.41, 5.74) is 1.19. The van der Waals surface area contributed by atoms with E-state index in [2.05, 4.69) is 10.0 Å². The maximum atomic E-state index is 13.5. The van der Waals surface area contributed by atoms with Crippen LogP contribution in [0.25, 0.3) is 0 Å². The van der Waals surface area contributed by atoms with Gasteiger partial charge in [-0.1, -0.05) is 12.1 Å². The zero-order valence-electron chi connectivity index (χ0n) is 12.5. The summed E-state index contributed by atoms with van der Waals surface area (Å²) < 4.78 is 40.1. The molecule has 2 rings (SSSR count). The Balaban J connectivity index is 1.83. The minimum absolute atomic E-state index is 0.0887. The van der Waals surface area contributed by atoms with Crippen molar-refractivity contribution in [2.24, 2.45) is 0 Å². The van der Waals surface area contributed by atoms with E-state index < -0.39 is 16.1 Å². The quantitative estimate of drug-likeness (QED) is 0.724. The van der Waals surface area contributed by atoms with Gasteiger partial charge in [0.05, 0.1) is 5.75 Å². The highest BCUT2D eigenvalue weighted by Crippen LogP contribution is 2.19. The van der Waals surface area contributed by atoms with Gasteiger partial charge in [0.15, 0.2) is 0 Å². The van der Waals surface area contributed by atoms with E-state index in [1.54, 1.807) is 26.0 Å². The largest absolute Gasteiger partial charge is 0.314 e. The van der Waals surface area contributed by atoms with Crippen LogP contribution >= 0.6 is 0 Å². The Kier molecular flexibility index (Phi) is 5.35. The Hall–Kier alpha value is -0.980. The first-order valence-corrected chi connectivity index (χ1v) is 9.02. The normalized spacial score (nSPS) is 16.9. The second-order valence-corrected chi connectivity index (χ2v) is 7.62. The van der Waals surface area contributed by atoms with Crippen molar-refractivity contribution in [1.29, 1.82) is 0 Å². The number of rotatable bonds is 8. The third-order valence-corrected chi connectivity index (χ3v) is 5.19. The minimum atomic E-state index is -3.34. The molecule has 118 valence electrons. The number of halogens is 1. The van der Waals surface area contributed by atoms with Crippen molar-refractivity contribution < 1.29 is 12.8 Å². The fourth-order valence-corrected chi connectivity index (χ4v) is 3.45. The summed E-state index contributed by atoms with van der Waals surface area (Å²) in [6.45, 7) is 4.13. The molecule has 1 fully saturated rings. The van der Waals surface area contributed by atoms with Crippen LogP contribution in [0, 0.1) is 12.7 Å². The molecule has 0 aliphatic heterocycles. The molecule has 0 radical (unpaired) electrons. The number of sulfonamides is 1. The van der Waals surface area contributed by atoms with Gasteiger partial charge in [-0.15, -0.1) is 0 Å². The Bertz CT molecular complexity index is 585. The van der Waals surface area contributed by atoms with Gasteiger partial charge >= 0.3 is 0 Å². The van der Waals surface area contributed by atoms with Crippen molar-refractivity contribution in [2.45, 2.75) is 45.2 Å². The second kappa shape index (κ2) is 6.85. The van der Waals surface area contributed by atoms with Crippen LogP contribution in [-0.4, -0.2) is 26.8 Å². The molecular formula is C15H23FN2O2S. The summed E-state index contributed by atoms with van der Waals surface area (Å²) in [6.07, 6.45) is 2.98. The topological polar surface area (TPSA) is 58.2 Å². The van der Waals surface area contributed by atoms with E-state index in [0.29, 0.717) is 23.6 Å². The number of benzene rings is 1. The van der Waals surface area contributed by atoms with E-state index in [-0.39, 0.29) is 11.6 Å². The molecule has 6 heteroatoms. The van der Waals surface area contributed by atoms with Crippen LogP contribution in [0.15, 0.2) is 18.2 Å². The van der Waals surface area contributed by atoms with Gasteiger partial charge in [0.25, 0.3) is 0 Å². The predicted octanol–water partition coefficient (Wildman–Crippen LogP) is 2.26. The highest BCUT2D eigenvalue weighted by Gasteiger charge is 2.20. The molecule has 1 aliphatic rings. The molecule has 21 heavy (non-hydrogen) atoms. The monoisotopic (exact) mass is 314 g/mol. The molecule has 1 unspecified atom stereocenters. The Morgan fingerprint density at radius 2 is 2.10 bits per heavy atom. The van der Waals surface area contributed by atoms with Crippen molar-refractivity contribution in [3.05, 3.63) is 35.1 Å². The fraction of sp³-hybridized carbons (Fsp3) is 0.600. The molecule has 0 heterocycles. The summed E-state index contributed by atoms with van der Waals surface area (Å²) in [5, 5.41) is 3.29. The molecule has 0 saturated heterocycles. The molecule has 1 saturated carbocycles. The highest BCUT2D eigenvalue weighted by atomic mass is 32.2. The first kappa shape index (κ1) is 16.4. The maximum absolute atomic E-state index is 13.5. The number of nitrogens with one attached hydrogen (secondary N) is 2. The Morgan fingerprint density at radius 3 is 2.71 bits per heavy atom. The average Bonchev–Trinajstić information content (AvgIpc) is 3.21. The van der Waals surface area contributed by atoms with E-state index in [1.165, 1.54) is 18.9 Å². The summed E-state index contributed by atoms with van der Waals surface area (Å²) in [7, 11) is -3.34. The predicted molar refractivity (Wildman–Crippen MR) is 82.1 cm³/mol. The Labute approximate surface area is 126 Å². The summed E-state index contributed by atoms with van der Waals surface area (Å²) in [4.78, 5) is 0. The number of hydrogen-bond acceptors (Lipinski definition) is 3. The summed E-state index contributed by atoms with van der Waals surface area (Å²) in [5.74, 6) is -0.224. The first-order chi connectivity index (χ1) is 9.87. The molecule has 1 aliphatic carbocycles. The van der Waals surface area contributed by atoms with Crippen LogP contribution in [0.5, 0.6) is 0 Å². The van der Waals surface area contributed by atoms with Gasteiger partial charge in [0.2, 0.25) is 10.0 Å². The van der Waals surface area contributed by atoms with Crippen LogP contribution in [0.4, 0.5) is 4.39 Å². The van der Waals surface area contributed by atoms with Gasteiger partial charge in [-0.05, 0) is 56.8 Å². The van der Waals surface area contributed by atoms with Crippen LogP contribution < -0.4 is 10.0 Å². The first-order valence-electron chi connectivity index (χ1n) is 7.37. The SMILES string of the molecule is Cc1ccc(C(C)NS(=O)(=O)CCCNC2CC2)cc1F. The molecule has 2 N–H and O–H groups in total. The van der Waals surface area contributed by atoms with Crippen LogP contribution in [-0.2, 0) is 10.0 Å². The van der Waals surface area contributed by atoms with E-state index in [0.717, 1.165) is 6.54 Å². The molecule has 4 nitrogen and oxygen atoms in total. The number of aryl methyl sites for hydroxylation is 1. The van der Waals surface area contributed by atoms with Gasteiger partial charge < -0.3 is 5.32 Å². The van der Waals surface area contributed by atoms with Crippen LogP contribution in [0.2, 0.25) is 0 Å². The van der Waals surface area contributed by atoms with Crippen molar-refractivity contribution in [3.63, 3.8) is 0 Å². The lowest BCUT2D eigenvalue weighted by Gasteiger charge is -2.15. The third-order valence-electron chi connectivity index (χ3n) is 3.65. The maximum Gasteiger partial charge on any atom is 0.212 e. The average molecular weight is 314 g/mol. The lowest BCUT2D eigenvalue weighted by Crippen LogP contribution is -2.31. The number of hydrogen-bond donors (Lipinski definition) is 2. The molecule has 1 aromatic carbocycles. The molecule has 1 atom stereocenters. The second-order valence-electron chi connectivity index (χ2n) is 5.75. The van der Waals surface area contributed by atoms with Gasteiger partial charge in [-0.2, -0.15) is 0 Å². The summed E-state index contributed by atoms with van der Waals surface area (Å²) in [6, 6.07) is 4.96. The van der Waals surface area contributed by atoms with Crippen molar-refractivity contribution >= 4 is 10.0 Å². The van der Waals surface area contributed by atoms with E-state index in [1.807, 2.05) is 0 Å². The van der Waals surface area contributed by atoms with Gasteiger partial charge in [-0.25, -0.2) is 17.5 Å². The lowest BCUT2D eigenvalue weighted by atomic mass is 10.1.